The molecule has 3 aromatic rings. The number of carbonyl (C=O) groups is 1. The lowest BCUT2D eigenvalue weighted by molar-refractivity contribution is -0.114. The molecule has 0 radical (unpaired) electrons. The summed E-state index contributed by atoms with van der Waals surface area (Å²) in [5, 5.41) is 7.12. The summed E-state index contributed by atoms with van der Waals surface area (Å²) >= 11 is 0. The van der Waals surface area contributed by atoms with Crippen molar-refractivity contribution in [2.24, 2.45) is 10.7 Å². The Morgan fingerprint density at radius 1 is 1.23 bits per heavy atom. The molecule has 0 bridgehead atoms. The highest BCUT2D eigenvalue weighted by molar-refractivity contribution is 6.10. The maximum Gasteiger partial charge on any atom is 0.293 e. The molecular formula is C20H22N8O2. The maximum absolute atomic E-state index is 13.1. The van der Waals surface area contributed by atoms with Gasteiger partial charge in [-0.3, -0.25) is 14.6 Å². The molecule has 1 fully saturated rings. The van der Waals surface area contributed by atoms with Gasteiger partial charge in [-0.25, -0.2) is 9.67 Å². The number of aliphatic imine (C=N–C) groups is 1. The number of aromatic amines is 1. The number of imidazole rings is 1. The quantitative estimate of drug-likeness (QED) is 0.579. The van der Waals surface area contributed by atoms with Gasteiger partial charge < -0.3 is 20.9 Å². The zero-order valence-electron chi connectivity index (χ0n) is 16.3. The van der Waals surface area contributed by atoms with Crippen molar-refractivity contribution in [3.63, 3.8) is 0 Å². The van der Waals surface area contributed by atoms with E-state index < -0.39 is 0 Å². The van der Waals surface area contributed by atoms with Crippen molar-refractivity contribution in [3.8, 4) is 0 Å². The van der Waals surface area contributed by atoms with Crippen LogP contribution in [-0.4, -0.2) is 57.0 Å². The molecule has 0 spiro atoms. The van der Waals surface area contributed by atoms with Crippen LogP contribution < -0.4 is 21.5 Å². The van der Waals surface area contributed by atoms with E-state index in [-0.39, 0.29) is 30.6 Å². The maximum atomic E-state index is 13.1. The molecule has 0 saturated carbocycles. The number of nitrogens with one attached hydrogen (secondary N) is 2. The number of H-pyrrole nitrogens is 1. The average Bonchev–Trinajstić information content (AvgIpc) is 3.12. The van der Waals surface area contributed by atoms with E-state index in [0.29, 0.717) is 34.9 Å². The number of benzene rings is 1. The van der Waals surface area contributed by atoms with E-state index in [0.717, 1.165) is 24.9 Å². The lowest BCUT2D eigenvalue weighted by Gasteiger charge is -2.30. The van der Waals surface area contributed by atoms with Crippen molar-refractivity contribution in [1.82, 2.24) is 19.7 Å². The monoisotopic (exact) mass is 406 g/mol. The van der Waals surface area contributed by atoms with Crippen LogP contribution in [0.25, 0.3) is 11.0 Å². The normalized spacial score (nSPS) is 19.2. The Bertz CT molecular complexity index is 1210. The Kier molecular flexibility index (Phi) is 4.55. The topological polar surface area (TPSA) is 134 Å². The second-order valence-electron chi connectivity index (χ2n) is 7.63. The van der Waals surface area contributed by atoms with Crippen LogP contribution in [0.3, 0.4) is 0 Å². The van der Waals surface area contributed by atoms with Crippen LogP contribution in [0.4, 0.5) is 11.6 Å². The molecule has 2 aliphatic heterocycles. The van der Waals surface area contributed by atoms with Crippen molar-refractivity contribution in [1.29, 1.82) is 0 Å². The van der Waals surface area contributed by atoms with Gasteiger partial charge in [0, 0.05) is 30.4 Å². The molecule has 0 aliphatic carbocycles. The summed E-state index contributed by atoms with van der Waals surface area (Å²) in [7, 11) is 0. The number of hydrogen-bond donors (Lipinski definition) is 3. The number of anilines is 2. The third-order valence-electron chi connectivity index (χ3n) is 5.47. The number of hydrogen-bond acceptors (Lipinski definition) is 7. The Labute approximate surface area is 171 Å². The van der Waals surface area contributed by atoms with Gasteiger partial charge in [0.1, 0.15) is 17.6 Å². The predicted molar refractivity (Wildman–Crippen MR) is 114 cm³/mol. The van der Waals surface area contributed by atoms with E-state index in [9.17, 15) is 9.59 Å². The molecule has 2 aromatic heterocycles. The van der Waals surface area contributed by atoms with Gasteiger partial charge in [0.2, 0.25) is 11.9 Å². The summed E-state index contributed by atoms with van der Waals surface area (Å²) in [4.78, 5) is 39.2. The summed E-state index contributed by atoms with van der Waals surface area (Å²) < 4.78 is 1.34. The molecule has 30 heavy (non-hydrogen) atoms. The molecule has 10 heteroatoms. The Balaban J connectivity index is 1.49. The van der Waals surface area contributed by atoms with E-state index in [1.54, 1.807) is 6.20 Å². The van der Waals surface area contributed by atoms with Gasteiger partial charge in [-0.15, -0.1) is 0 Å². The lowest BCUT2D eigenvalue weighted by Crippen LogP contribution is -2.43. The zero-order chi connectivity index (χ0) is 20.7. The SMILES string of the molecule is NC1CCCN(c2nc3cnn(CC4=NCC(=O)Nc5ccccc54)c(=O)c3[nH]2)C1. The summed E-state index contributed by atoms with van der Waals surface area (Å²) in [5.41, 5.74) is 8.79. The van der Waals surface area contributed by atoms with Crippen molar-refractivity contribution in [2.75, 3.05) is 29.9 Å². The molecule has 4 N–H and O–H groups in total. The van der Waals surface area contributed by atoms with Crippen LogP contribution >= 0.6 is 0 Å². The first-order valence-corrected chi connectivity index (χ1v) is 9.97. The van der Waals surface area contributed by atoms with Gasteiger partial charge in [0.15, 0.2) is 0 Å². The summed E-state index contributed by atoms with van der Waals surface area (Å²) in [5.74, 6) is 0.454. The van der Waals surface area contributed by atoms with Crippen molar-refractivity contribution in [2.45, 2.75) is 25.4 Å². The van der Waals surface area contributed by atoms with Gasteiger partial charge in [-0.1, -0.05) is 18.2 Å². The van der Waals surface area contributed by atoms with Crippen LogP contribution in [0, 0.1) is 0 Å². The van der Waals surface area contributed by atoms with Crippen molar-refractivity contribution in [3.05, 3.63) is 46.4 Å². The van der Waals surface area contributed by atoms with Crippen LogP contribution in [0.5, 0.6) is 0 Å². The van der Waals surface area contributed by atoms with Crippen molar-refractivity contribution >= 4 is 34.3 Å². The number of para-hydroxylation sites is 1. The van der Waals surface area contributed by atoms with E-state index in [1.807, 2.05) is 24.3 Å². The fraction of sp³-hybridized carbons (Fsp3) is 0.350. The minimum absolute atomic E-state index is 0.00439. The van der Waals surface area contributed by atoms with E-state index in [2.05, 4.69) is 30.3 Å². The molecule has 4 heterocycles. The lowest BCUT2D eigenvalue weighted by atomic mass is 10.1. The van der Waals surface area contributed by atoms with E-state index in [1.165, 1.54) is 4.68 Å². The fourth-order valence-electron chi connectivity index (χ4n) is 3.96. The molecule has 10 nitrogen and oxygen atoms in total. The summed E-state index contributed by atoms with van der Waals surface area (Å²) in [6.07, 6.45) is 3.56. The van der Waals surface area contributed by atoms with Crippen molar-refractivity contribution < 1.29 is 4.79 Å². The number of rotatable bonds is 3. The summed E-state index contributed by atoms with van der Waals surface area (Å²) in [6, 6.07) is 7.51. The number of nitrogens with two attached hydrogens (primary N) is 1. The smallest absolute Gasteiger partial charge is 0.293 e. The summed E-state index contributed by atoms with van der Waals surface area (Å²) in [6.45, 7) is 1.72. The van der Waals surface area contributed by atoms with Gasteiger partial charge in [-0.2, -0.15) is 5.10 Å². The van der Waals surface area contributed by atoms with Crippen LogP contribution in [0.15, 0.2) is 40.2 Å². The van der Waals surface area contributed by atoms with Gasteiger partial charge in [0.25, 0.3) is 5.56 Å². The predicted octanol–water partition coefficient (Wildman–Crippen LogP) is 0.489. The molecule has 5 rings (SSSR count). The third-order valence-corrected chi connectivity index (χ3v) is 5.47. The number of piperidine rings is 1. The second-order valence-corrected chi connectivity index (χ2v) is 7.63. The average molecular weight is 406 g/mol. The number of amides is 1. The molecule has 1 aromatic carbocycles. The van der Waals surface area contributed by atoms with E-state index in [4.69, 9.17) is 5.73 Å². The van der Waals surface area contributed by atoms with E-state index >= 15 is 0 Å². The minimum atomic E-state index is -0.281. The Morgan fingerprint density at radius 2 is 2.10 bits per heavy atom. The molecule has 2 aliphatic rings. The molecule has 1 saturated heterocycles. The highest BCUT2D eigenvalue weighted by Gasteiger charge is 2.22. The largest absolute Gasteiger partial charge is 0.341 e. The first-order valence-electron chi connectivity index (χ1n) is 9.97. The minimum Gasteiger partial charge on any atom is -0.341 e. The van der Waals surface area contributed by atoms with Crippen LogP contribution in [-0.2, 0) is 11.3 Å². The molecule has 154 valence electrons. The van der Waals surface area contributed by atoms with Crippen LogP contribution in [0.1, 0.15) is 18.4 Å². The number of benzodiazepines with no additional fused rings is 1. The second kappa shape index (κ2) is 7.38. The molecule has 1 amide bonds. The van der Waals surface area contributed by atoms with Gasteiger partial charge in [-0.05, 0) is 18.9 Å². The Hall–Kier alpha value is -3.53. The molecule has 1 atom stereocenters. The molecular weight excluding hydrogens is 384 g/mol. The zero-order valence-corrected chi connectivity index (χ0v) is 16.3. The highest BCUT2D eigenvalue weighted by atomic mass is 16.2. The molecule has 1 unspecified atom stereocenters. The first-order chi connectivity index (χ1) is 14.6. The fourth-order valence-corrected chi connectivity index (χ4v) is 3.96. The van der Waals surface area contributed by atoms with Gasteiger partial charge >= 0.3 is 0 Å². The number of aromatic nitrogens is 4. The number of fused-ring (bicyclic) bond motifs is 2. The van der Waals surface area contributed by atoms with Gasteiger partial charge in [0.05, 0.1) is 18.5 Å². The number of nitrogens with zero attached hydrogens (tertiary/aromatic N) is 5. The number of carbonyl (C=O) groups excluding carboxylic acids is 1. The first kappa shape index (κ1) is 18.5. The Morgan fingerprint density at radius 3 is 2.97 bits per heavy atom. The third kappa shape index (κ3) is 3.35. The highest BCUT2D eigenvalue weighted by Crippen LogP contribution is 2.20. The standard InChI is InChI=1S/C20H22N8O2/c21-12-4-3-7-27(10-12)20-25-15-8-23-28(19(30)18(15)26-20)11-16-13-5-1-2-6-14(13)24-17(29)9-22-16/h1-2,5-6,8,12H,3-4,7,9-11,21H2,(H,24,29)(H,25,26). The van der Waals surface area contributed by atoms with Crippen LogP contribution in [0.2, 0.25) is 0 Å².